The van der Waals surface area contributed by atoms with Gasteiger partial charge in [0.1, 0.15) is 18.0 Å². The molecule has 4 aromatic rings. The highest BCUT2D eigenvalue weighted by Crippen LogP contribution is 2.28. The van der Waals surface area contributed by atoms with Crippen LogP contribution in [0.1, 0.15) is 18.2 Å². The molecule has 2 aromatic carbocycles. The van der Waals surface area contributed by atoms with Gasteiger partial charge in [0.2, 0.25) is 5.95 Å². The van der Waals surface area contributed by atoms with Crippen LogP contribution in [-0.4, -0.2) is 14.5 Å². The van der Waals surface area contributed by atoms with Gasteiger partial charge in [0.25, 0.3) is 0 Å². The Labute approximate surface area is 168 Å². The maximum absolute atomic E-state index is 10.4. The van der Waals surface area contributed by atoms with E-state index in [1.807, 2.05) is 41.9 Å². The molecule has 0 unspecified atom stereocenters. The van der Waals surface area contributed by atoms with Crippen LogP contribution in [0.5, 0.6) is 11.5 Å². The Kier molecular flexibility index (Phi) is 5.20. The van der Waals surface area contributed by atoms with Crippen LogP contribution < -0.4 is 10.1 Å². The molecule has 0 bridgehead atoms. The lowest BCUT2D eigenvalue weighted by molar-refractivity contribution is 0.481. The number of imidazole rings is 1. The highest BCUT2D eigenvalue weighted by atomic mass is 16.5. The van der Waals surface area contributed by atoms with Crippen molar-refractivity contribution in [1.29, 1.82) is 0 Å². The second-order valence-corrected chi connectivity index (χ2v) is 6.70. The van der Waals surface area contributed by atoms with Crippen molar-refractivity contribution in [1.82, 2.24) is 14.5 Å². The molecule has 0 saturated heterocycles. The molecule has 0 saturated carbocycles. The zero-order chi connectivity index (χ0) is 20.2. The van der Waals surface area contributed by atoms with E-state index >= 15 is 0 Å². The average Bonchev–Trinajstić information content (AvgIpc) is 3.03. The number of hydrogen-bond donors (Lipinski definition) is 1. The highest BCUT2D eigenvalue weighted by molar-refractivity contribution is 5.81. The van der Waals surface area contributed by atoms with Crippen molar-refractivity contribution in [3.8, 4) is 11.5 Å². The zero-order valence-corrected chi connectivity index (χ0v) is 16.3. The summed E-state index contributed by atoms with van der Waals surface area (Å²) >= 11 is 0. The minimum atomic E-state index is 0.0186. The van der Waals surface area contributed by atoms with E-state index in [4.69, 9.17) is 9.72 Å². The number of nitrogens with zero attached hydrogens (tertiary/aromatic N) is 4. The Balaban J connectivity index is 1.59. The number of anilines is 2. The van der Waals surface area contributed by atoms with E-state index in [1.54, 1.807) is 18.3 Å². The Bertz CT molecular complexity index is 1170. The quantitative estimate of drug-likeness (QED) is 0.433. The van der Waals surface area contributed by atoms with Crippen LogP contribution in [0, 0.1) is 4.91 Å². The zero-order valence-electron chi connectivity index (χ0n) is 16.3. The molecule has 2 heterocycles. The summed E-state index contributed by atoms with van der Waals surface area (Å²) in [6.45, 7) is 2.15. The lowest BCUT2D eigenvalue weighted by Crippen LogP contribution is -1.99. The van der Waals surface area contributed by atoms with E-state index in [1.165, 1.54) is 5.56 Å². The number of benzene rings is 2. The van der Waals surface area contributed by atoms with Gasteiger partial charge in [-0.15, -0.1) is 0 Å². The minimum absolute atomic E-state index is 0.0186. The van der Waals surface area contributed by atoms with E-state index in [0.29, 0.717) is 17.2 Å². The highest BCUT2D eigenvalue weighted by Gasteiger charge is 2.10. The maximum Gasteiger partial charge on any atom is 0.208 e. The van der Waals surface area contributed by atoms with Crippen LogP contribution in [0.15, 0.2) is 66.0 Å². The van der Waals surface area contributed by atoms with Gasteiger partial charge in [0.15, 0.2) is 0 Å². The van der Waals surface area contributed by atoms with Crippen LogP contribution in [0.25, 0.3) is 11.0 Å². The molecule has 0 aliphatic rings. The molecule has 7 nitrogen and oxygen atoms in total. The molecule has 0 fully saturated rings. The van der Waals surface area contributed by atoms with Crippen LogP contribution in [0.2, 0.25) is 0 Å². The summed E-state index contributed by atoms with van der Waals surface area (Å²) < 4.78 is 7.93. The van der Waals surface area contributed by atoms with E-state index in [9.17, 15) is 4.91 Å². The Morgan fingerprint density at radius 1 is 1.10 bits per heavy atom. The number of hydrogen-bond acceptors (Lipinski definition) is 6. The van der Waals surface area contributed by atoms with Gasteiger partial charge >= 0.3 is 0 Å². The number of ether oxygens (including phenoxy) is 1. The molecule has 0 aliphatic carbocycles. The van der Waals surface area contributed by atoms with Crippen molar-refractivity contribution >= 4 is 22.7 Å². The van der Waals surface area contributed by atoms with Gasteiger partial charge in [-0.3, -0.25) is 4.98 Å². The van der Waals surface area contributed by atoms with E-state index < -0.39 is 0 Å². The lowest BCUT2D eigenvalue weighted by Gasteiger charge is -2.07. The number of nitrogens with one attached hydrogen (secondary N) is 1. The summed E-state index contributed by atoms with van der Waals surface area (Å²) in [6, 6.07) is 17.5. The number of aryl methyl sites for hydroxylation is 2. The number of fused-ring (bicyclic) bond motifs is 1. The molecule has 0 spiro atoms. The van der Waals surface area contributed by atoms with Gasteiger partial charge in [0, 0.05) is 31.1 Å². The number of nitroso groups, excluding NO2 is 1. The number of aromatic nitrogens is 3. The van der Waals surface area contributed by atoms with Gasteiger partial charge in [-0.05, 0) is 42.3 Å². The van der Waals surface area contributed by atoms with Gasteiger partial charge in [-0.2, -0.15) is 4.91 Å². The van der Waals surface area contributed by atoms with Gasteiger partial charge in [0.05, 0.1) is 16.7 Å². The van der Waals surface area contributed by atoms with Crippen LogP contribution in [0.3, 0.4) is 0 Å². The molecule has 0 radical (unpaired) electrons. The predicted octanol–water partition coefficient (Wildman–Crippen LogP) is 5.33. The van der Waals surface area contributed by atoms with E-state index in [2.05, 4.69) is 34.5 Å². The minimum Gasteiger partial charge on any atom is -0.457 e. The monoisotopic (exact) mass is 387 g/mol. The fourth-order valence-corrected chi connectivity index (χ4v) is 3.16. The fourth-order valence-electron chi connectivity index (χ4n) is 3.16. The molecule has 1 N–H and O–H groups in total. The molecule has 0 aliphatic heterocycles. The van der Waals surface area contributed by atoms with Gasteiger partial charge in [-0.25, -0.2) is 4.98 Å². The molecule has 2 aromatic heterocycles. The SMILES string of the molecule is CCc1cccc(Nc2nc3cc(Oc4ccnc(CN=O)c4)ccc3n2C)c1. The molecular formula is C22H21N5O2. The number of pyridine rings is 1. The number of rotatable bonds is 7. The molecule has 4 rings (SSSR count). The normalized spacial score (nSPS) is 10.8. The van der Waals surface area contributed by atoms with E-state index in [-0.39, 0.29) is 6.54 Å². The smallest absolute Gasteiger partial charge is 0.208 e. The molecular weight excluding hydrogens is 366 g/mol. The average molecular weight is 387 g/mol. The summed E-state index contributed by atoms with van der Waals surface area (Å²) in [5, 5.41) is 6.25. The topological polar surface area (TPSA) is 81.4 Å². The summed E-state index contributed by atoms with van der Waals surface area (Å²) in [4.78, 5) is 19.2. The first-order valence-corrected chi connectivity index (χ1v) is 9.40. The molecule has 0 atom stereocenters. The van der Waals surface area contributed by atoms with Crippen molar-refractivity contribution < 1.29 is 4.74 Å². The summed E-state index contributed by atoms with van der Waals surface area (Å²) in [5.41, 5.74) is 4.66. The second kappa shape index (κ2) is 8.10. The van der Waals surface area contributed by atoms with Gasteiger partial charge in [-0.1, -0.05) is 24.2 Å². The molecule has 146 valence electrons. The molecule has 29 heavy (non-hydrogen) atoms. The van der Waals surface area contributed by atoms with Crippen molar-refractivity contribution in [3.05, 3.63) is 77.0 Å². The van der Waals surface area contributed by atoms with Gasteiger partial charge < -0.3 is 14.6 Å². The van der Waals surface area contributed by atoms with Crippen molar-refractivity contribution in [3.63, 3.8) is 0 Å². The van der Waals surface area contributed by atoms with Crippen LogP contribution in [-0.2, 0) is 20.0 Å². The molecule has 0 amide bonds. The first-order valence-electron chi connectivity index (χ1n) is 9.40. The Hall–Kier alpha value is -3.74. The lowest BCUT2D eigenvalue weighted by atomic mass is 10.1. The second-order valence-electron chi connectivity index (χ2n) is 6.70. The maximum atomic E-state index is 10.4. The first kappa shape index (κ1) is 18.6. The van der Waals surface area contributed by atoms with Crippen molar-refractivity contribution in [2.24, 2.45) is 12.2 Å². The summed E-state index contributed by atoms with van der Waals surface area (Å²) in [6.07, 6.45) is 2.58. The first-order chi connectivity index (χ1) is 14.2. The standard InChI is InChI=1S/C22H21N5O2/c1-3-15-5-4-6-16(11-15)25-22-26-20-13-18(7-8-21(20)27(22)2)29-19-9-10-23-17(12-19)14-24-28/h4-13H,3,14H2,1-2H3,(H,25,26). The summed E-state index contributed by atoms with van der Waals surface area (Å²) in [7, 11) is 1.98. The predicted molar refractivity (Wildman–Crippen MR) is 114 cm³/mol. The third-order valence-electron chi connectivity index (χ3n) is 4.69. The molecule has 7 heteroatoms. The third kappa shape index (κ3) is 4.08. The fraction of sp³-hybridized carbons (Fsp3) is 0.182. The van der Waals surface area contributed by atoms with Crippen molar-refractivity contribution in [2.75, 3.05) is 5.32 Å². The Morgan fingerprint density at radius 3 is 2.79 bits per heavy atom. The Morgan fingerprint density at radius 2 is 1.97 bits per heavy atom. The van der Waals surface area contributed by atoms with Crippen molar-refractivity contribution in [2.45, 2.75) is 19.9 Å². The largest absolute Gasteiger partial charge is 0.457 e. The van der Waals surface area contributed by atoms with Crippen LogP contribution >= 0.6 is 0 Å². The third-order valence-corrected chi connectivity index (χ3v) is 4.69. The summed E-state index contributed by atoms with van der Waals surface area (Å²) in [5.74, 6) is 2.02. The van der Waals surface area contributed by atoms with E-state index in [0.717, 1.165) is 29.1 Å². The van der Waals surface area contributed by atoms with Crippen LogP contribution in [0.4, 0.5) is 11.6 Å².